The van der Waals surface area contributed by atoms with Gasteiger partial charge in [-0.05, 0) is 26.0 Å². The van der Waals surface area contributed by atoms with Crippen LogP contribution in [0, 0.1) is 0 Å². The van der Waals surface area contributed by atoms with Crippen LogP contribution < -0.4 is 0 Å². The molecule has 1 aliphatic carbocycles. The van der Waals surface area contributed by atoms with E-state index < -0.39 is 0 Å². The largest absolute Gasteiger partial charge is 0.472 e. The summed E-state index contributed by atoms with van der Waals surface area (Å²) in [4.78, 5) is 2.41. The average molecular weight is 165 g/mol. The Hall–Kier alpha value is -0.760. The predicted molar refractivity (Wildman–Crippen MR) is 47.8 cm³/mol. The summed E-state index contributed by atoms with van der Waals surface area (Å²) in [5, 5.41) is 0. The molecular weight excluding hydrogens is 150 g/mol. The fraction of sp³-hybridized carbons (Fsp3) is 0.600. The molecule has 12 heavy (non-hydrogen) atoms. The van der Waals surface area contributed by atoms with Crippen molar-refractivity contribution in [3.63, 3.8) is 0 Å². The molecular formula is C10H15NO. The SMILES string of the molecule is CN(Cc1ccoc1)C1CCC1. The molecule has 0 spiro atoms. The zero-order chi connectivity index (χ0) is 8.39. The summed E-state index contributed by atoms with van der Waals surface area (Å²) in [6.07, 6.45) is 7.71. The second kappa shape index (κ2) is 3.31. The molecule has 1 fully saturated rings. The minimum absolute atomic E-state index is 0.819. The van der Waals surface area contributed by atoms with Crippen LogP contribution in [0.25, 0.3) is 0 Å². The van der Waals surface area contributed by atoms with Crippen molar-refractivity contribution in [2.75, 3.05) is 7.05 Å². The third-order valence-electron chi connectivity index (χ3n) is 2.71. The second-order valence-corrected chi connectivity index (χ2v) is 3.63. The van der Waals surface area contributed by atoms with Crippen molar-refractivity contribution in [1.29, 1.82) is 0 Å². The molecule has 0 bridgehead atoms. The Balaban J connectivity index is 1.86. The van der Waals surface area contributed by atoms with Gasteiger partial charge in [0.1, 0.15) is 0 Å². The van der Waals surface area contributed by atoms with Crippen LogP contribution in [-0.2, 0) is 6.54 Å². The van der Waals surface area contributed by atoms with Crippen molar-refractivity contribution in [1.82, 2.24) is 4.90 Å². The van der Waals surface area contributed by atoms with E-state index in [2.05, 4.69) is 11.9 Å². The molecule has 66 valence electrons. The summed E-state index contributed by atoms with van der Waals surface area (Å²) in [7, 11) is 2.19. The Morgan fingerprint density at radius 2 is 2.42 bits per heavy atom. The van der Waals surface area contributed by atoms with Crippen molar-refractivity contribution in [2.24, 2.45) is 0 Å². The Morgan fingerprint density at radius 1 is 1.58 bits per heavy atom. The van der Waals surface area contributed by atoms with Gasteiger partial charge in [0.05, 0.1) is 12.5 Å². The average Bonchev–Trinajstić information content (AvgIpc) is 2.34. The van der Waals surface area contributed by atoms with Gasteiger partial charge in [0.2, 0.25) is 0 Å². The van der Waals surface area contributed by atoms with Gasteiger partial charge in [-0.25, -0.2) is 0 Å². The smallest absolute Gasteiger partial charge is 0.0947 e. The van der Waals surface area contributed by atoms with Crippen LogP contribution in [0.2, 0.25) is 0 Å². The maximum atomic E-state index is 5.02. The third-order valence-corrected chi connectivity index (χ3v) is 2.71. The van der Waals surface area contributed by atoms with E-state index in [1.165, 1.54) is 24.8 Å². The molecule has 1 heterocycles. The molecule has 1 aliphatic rings. The van der Waals surface area contributed by atoms with Crippen molar-refractivity contribution >= 4 is 0 Å². The van der Waals surface area contributed by atoms with Gasteiger partial charge >= 0.3 is 0 Å². The summed E-state index contributed by atoms with van der Waals surface area (Å²) in [6, 6.07) is 2.86. The summed E-state index contributed by atoms with van der Waals surface area (Å²) < 4.78 is 5.02. The third kappa shape index (κ3) is 1.53. The lowest BCUT2D eigenvalue weighted by molar-refractivity contribution is 0.152. The Bertz CT molecular complexity index is 226. The van der Waals surface area contributed by atoms with Crippen LogP contribution >= 0.6 is 0 Å². The van der Waals surface area contributed by atoms with E-state index in [-0.39, 0.29) is 0 Å². The molecule has 0 N–H and O–H groups in total. The van der Waals surface area contributed by atoms with Gasteiger partial charge in [-0.1, -0.05) is 6.42 Å². The van der Waals surface area contributed by atoms with Crippen LogP contribution in [0.5, 0.6) is 0 Å². The lowest BCUT2D eigenvalue weighted by Crippen LogP contribution is -2.36. The normalized spacial score (nSPS) is 18.2. The number of hydrogen-bond acceptors (Lipinski definition) is 2. The standard InChI is InChI=1S/C10H15NO/c1-11(10-3-2-4-10)7-9-5-6-12-8-9/h5-6,8,10H,2-4,7H2,1H3. The maximum absolute atomic E-state index is 5.02. The second-order valence-electron chi connectivity index (χ2n) is 3.63. The molecule has 0 radical (unpaired) electrons. The van der Waals surface area contributed by atoms with Gasteiger partial charge in [0.15, 0.2) is 0 Å². The van der Waals surface area contributed by atoms with Crippen molar-refractivity contribution < 1.29 is 4.42 Å². The van der Waals surface area contributed by atoms with Crippen LogP contribution in [-0.4, -0.2) is 18.0 Å². The molecule has 0 atom stereocenters. The lowest BCUT2D eigenvalue weighted by atomic mass is 9.92. The summed E-state index contributed by atoms with van der Waals surface area (Å²) in [5.74, 6) is 0. The van der Waals surface area contributed by atoms with Gasteiger partial charge in [-0.15, -0.1) is 0 Å². The molecule has 0 saturated heterocycles. The fourth-order valence-electron chi connectivity index (χ4n) is 1.63. The molecule has 1 aromatic heterocycles. The molecule has 0 unspecified atom stereocenters. The highest BCUT2D eigenvalue weighted by Crippen LogP contribution is 2.24. The first-order chi connectivity index (χ1) is 5.86. The Labute approximate surface area is 73.2 Å². The first-order valence-corrected chi connectivity index (χ1v) is 4.57. The number of furan rings is 1. The topological polar surface area (TPSA) is 16.4 Å². The highest BCUT2D eigenvalue weighted by atomic mass is 16.3. The zero-order valence-corrected chi connectivity index (χ0v) is 7.49. The van der Waals surface area contributed by atoms with Crippen LogP contribution in [0.4, 0.5) is 0 Å². The van der Waals surface area contributed by atoms with Crippen molar-refractivity contribution in [3.05, 3.63) is 24.2 Å². The van der Waals surface area contributed by atoms with Gasteiger partial charge in [0.25, 0.3) is 0 Å². The van der Waals surface area contributed by atoms with E-state index in [0.717, 1.165) is 12.6 Å². The highest BCUT2D eigenvalue weighted by Gasteiger charge is 2.21. The van der Waals surface area contributed by atoms with Crippen molar-refractivity contribution in [3.8, 4) is 0 Å². The first-order valence-electron chi connectivity index (χ1n) is 4.57. The quantitative estimate of drug-likeness (QED) is 0.683. The molecule has 1 aromatic rings. The Morgan fingerprint density at radius 3 is 2.92 bits per heavy atom. The van der Waals surface area contributed by atoms with E-state index >= 15 is 0 Å². The predicted octanol–water partition coefficient (Wildman–Crippen LogP) is 2.26. The monoisotopic (exact) mass is 165 g/mol. The number of nitrogens with zero attached hydrogens (tertiary/aromatic N) is 1. The van der Waals surface area contributed by atoms with Crippen LogP contribution in [0.1, 0.15) is 24.8 Å². The molecule has 0 amide bonds. The lowest BCUT2D eigenvalue weighted by Gasteiger charge is -2.34. The first kappa shape index (κ1) is 7.87. The minimum Gasteiger partial charge on any atom is -0.472 e. The summed E-state index contributed by atoms with van der Waals surface area (Å²) in [5.41, 5.74) is 1.28. The van der Waals surface area contributed by atoms with Crippen LogP contribution in [0.3, 0.4) is 0 Å². The van der Waals surface area contributed by atoms with E-state index in [9.17, 15) is 0 Å². The summed E-state index contributed by atoms with van der Waals surface area (Å²) >= 11 is 0. The van der Waals surface area contributed by atoms with Crippen LogP contribution in [0.15, 0.2) is 23.0 Å². The van der Waals surface area contributed by atoms with Gasteiger partial charge < -0.3 is 4.42 Å². The number of hydrogen-bond donors (Lipinski definition) is 0. The van der Waals surface area contributed by atoms with Gasteiger partial charge in [-0.3, -0.25) is 4.90 Å². The van der Waals surface area contributed by atoms with Crippen molar-refractivity contribution in [2.45, 2.75) is 31.8 Å². The van der Waals surface area contributed by atoms with Gasteiger partial charge in [-0.2, -0.15) is 0 Å². The maximum Gasteiger partial charge on any atom is 0.0947 e. The highest BCUT2D eigenvalue weighted by molar-refractivity contribution is 5.05. The Kier molecular flexibility index (Phi) is 2.17. The zero-order valence-electron chi connectivity index (χ0n) is 7.49. The fourth-order valence-corrected chi connectivity index (χ4v) is 1.63. The van der Waals surface area contributed by atoms with E-state index in [0.29, 0.717) is 0 Å². The van der Waals surface area contributed by atoms with Gasteiger partial charge in [0, 0.05) is 18.2 Å². The minimum atomic E-state index is 0.819. The van der Waals surface area contributed by atoms with E-state index in [1.54, 1.807) is 6.26 Å². The van der Waals surface area contributed by atoms with E-state index in [1.807, 2.05) is 12.3 Å². The van der Waals surface area contributed by atoms with E-state index in [4.69, 9.17) is 4.42 Å². The molecule has 2 rings (SSSR count). The number of rotatable bonds is 3. The molecule has 0 aromatic carbocycles. The molecule has 2 heteroatoms. The molecule has 0 aliphatic heterocycles. The molecule has 2 nitrogen and oxygen atoms in total. The summed E-state index contributed by atoms with van der Waals surface area (Å²) in [6.45, 7) is 1.03. The molecule has 1 saturated carbocycles.